The molecular weight excluding hydrogens is 330 g/mol. The zero-order chi connectivity index (χ0) is 15.8. The highest BCUT2D eigenvalue weighted by atomic mass is 35.5. The van der Waals surface area contributed by atoms with Crippen LogP contribution in [0.1, 0.15) is 29.6 Å². The van der Waals surface area contributed by atoms with Crippen LogP contribution in [-0.4, -0.2) is 41.0 Å². The zero-order valence-electron chi connectivity index (χ0n) is 13.2. The predicted octanol–water partition coefficient (Wildman–Crippen LogP) is 2.02. The summed E-state index contributed by atoms with van der Waals surface area (Å²) in [5, 5.41) is 3.54. The number of aromatic amines is 1. The van der Waals surface area contributed by atoms with Crippen molar-refractivity contribution >= 4 is 18.3 Å². The highest BCUT2D eigenvalue weighted by Crippen LogP contribution is 2.21. The molecule has 0 saturated carbocycles. The number of carbonyl (C=O) groups is 1. The van der Waals surface area contributed by atoms with Gasteiger partial charge in [-0.05, 0) is 43.5 Å². The van der Waals surface area contributed by atoms with Crippen molar-refractivity contribution in [1.29, 1.82) is 0 Å². The standard InChI is InChI=1S/C17H19N3O3.ClH/c21-16-13(5-6-14(19-16)15-2-1-9-23-15)17(22)20-8-7-11-3-4-12(10-20)18-11;/h1-2,5-6,9,11-12,18H,3-4,7-8,10H2,(H,19,21);1H. The van der Waals surface area contributed by atoms with Gasteiger partial charge in [-0.3, -0.25) is 9.59 Å². The molecule has 2 aliphatic rings. The summed E-state index contributed by atoms with van der Waals surface area (Å²) in [6, 6.07) is 7.70. The first-order valence-electron chi connectivity index (χ1n) is 8.03. The van der Waals surface area contributed by atoms with Crippen LogP contribution in [0.2, 0.25) is 0 Å². The fourth-order valence-electron chi connectivity index (χ4n) is 3.52. The molecule has 7 heteroatoms. The average Bonchev–Trinajstić information content (AvgIpc) is 3.16. The molecule has 2 bridgehead atoms. The number of fused-ring (bicyclic) bond motifs is 2. The number of halogens is 1. The van der Waals surface area contributed by atoms with Crippen LogP contribution in [0.4, 0.5) is 0 Å². The van der Waals surface area contributed by atoms with Crippen molar-refractivity contribution in [3.05, 3.63) is 46.4 Å². The van der Waals surface area contributed by atoms with Crippen LogP contribution in [0.5, 0.6) is 0 Å². The summed E-state index contributed by atoms with van der Waals surface area (Å²) in [7, 11) is 0. The number of hydrogen-bond acceptors (Lipinski definition) is 4. The number of amides is 1. The molecule has 2 unspecified atom stereocenters. The van der Waals surface area contributed by atoms with E-state index in [1.54, 1.807) is 35.4 Å². The van der Waals surface area contributed by atoms with E-state index in [2.05, 4.69) is 10.3 Å². The second kappa shape index (κ2) is 6.83. The van der Waals surface area contributed by atoms with Gasteiger partial charge in [-0.2, -0.15) is 0 Å². The number of carbonyl (C=O) groups excluding carboxylic acids is 1. The van der Waals surface area contributed by atoms with Crippen LogP contribution in [0.25, 0.3) is 11.5 Å². The topological polar surface area (TPSA) is 78.3 Å². The Labute approximate surface area is 145 Å². The van der Waals surface area contributed by atoms with Gasteiger partial charge in [0.1, 0.15) is 11.3 Å². The molecule has 2 saturated heterocycles. The summed E-state index contributed by atoms with van der Waals surface area (Å²) in [6.45, 7) is 1.38. The maximum atomic E-state index is 12.7. The first-order valence-corrected chi connectivity index (χ1v) is 8.03. The van der Waals surface area contributed by atoms with Crippen molar-refractivity contribution in [2.75, 3.05) is 13.1 Å². The monoisotopic (exact) mass is 349 g/mol. The van der Waals surface area contributed by atoms with Gasteiger partial charge in [0, 0.05) is 25.2 Å². The Balaban J connectivity index is 0.00000169. The summed E-state index contributed by atoms with van der Waals surface area (Å²) >= 11 is 0. The molecule has 128 valence electrons. The quantitative estimate of drug-likeness (QED) is 0.869. The number of aromatic nitrogens is 1. The van der Waals surface area contributed by atoms with Crippen LogP contribution in [-0.2, 0) is 0 Å². The highest BCUT2D eigenvalue weighted by molar-refractivity contribution is 5.94. The van der Waals surface area contributed by atoms with Gasteiger partial charge in [-0.1, -0.05) is 0 Å². The molecule has 4 heterocycles. The smallest absolute Gasteiger partial charge is 0.261 e. The molecule has 24 heavy (non-hydrogen) atoms. The van der Waals surface area contributed by atoms with Crippen molar-refractivity contribution < 1.29 is 9.21 Å². The summed E-state index contributed by atoms with van der Waals surface area (Å²) < 4.78 is 5.27. The molecule has 2 fully saturated rings. The Morgan fingerprint density at radius 3 is 2.75 bits per heavy atom. The van der Waals surface area contributed by atoms with E-state index in [1.807, 2.05) is 0 Å². The molecule has 2 aromatic heterocycles. The molecule has 4 rings (SSSR count). The van der Waals surface area contributed by atoms with E-state index < -0.39 is 0 Å². The molecule has 6 nitrogen and oxygen atoms in total. The Morgan fingerprint density at radius 2 is 2.00 bits per heavy atom. The second-order valence-corrected chi connectivity index (χ2v) is 6.27. The fourth-order valence-corrected chi connectivity index (χ4v) is 3.52. The molecule has 2 aromatic rings. The van der Waals surface area contributed by atoms with Crippen LogP contribution >= 0.6 is 12.4 Å². The van der Waals surface area contributed by atoms with Gasteiger partial charge in [0.2, 0.25) is 0 Å². The van der Waals surface area contributed by atoms with E-state index in [0.717, 1.165) is 12.8 Å². The first-order chi connectivity index (χ1) is 11.2. The summed E-state index contributed by atoms with van der Waals surface area (Å²) in [5.41, 5.74) is 0.400. The Bertz CT molecular complexity index is 772. The molecule has 2 atom stereocenters. The largest absolute Gasteiger partial charge is 0.463 e. The lowest BCUT2D eigenvalue weighted by Crippen LogP contribution is -2.40. The number of H-pyrrole nitrogens is 1. The number of nitrogens with zero attached hydrogens (tertiary/aromatic N) is 1. The van der Waals surface area contributed by atoms with Gasteiger partial charge in [0.05, 0.1) is 12.0 Å². The van der Waals surface area contributed by atoms with Gasteiger partial charge in [-0.25, -0.2) is 0 Å². The minimum Gasteiger partial charge on any atom is -0.463 e. The Morgan fingerprint density at radius 1 is 1.17 bits per heavy atom. The SMILES string of the molecule is Cl.O=C(c1ccc(-c2ccco2)[nH]c1=O)N1CCC2CCC(C1)N2. The van der Waals surface area contributed by atoms with Crippen LogP contribution < -0.4 is 10.9 Å². The van der Waals surface area contributed by atoms with E-state index in [9.17, 15) is 9.59 Å². The molecule has 0 aliphatic carbocycles. The highest BCUT2D eigenvalue weighted by Gasteiger charge is 2.32. The number of nitrogens with one attached hydrogen (secondary N) is 2. The molecule has 2 N–H and O–H groups in total. The summed E-state index contributed by atoms with van der Waals surface area (Å²) in [4.78, 5) is 29.5. The van der Waals surface area contributed by atoms with Gasteiger partial charge < -0.3 is 19.6 Å². The Kier molecular flexibility index (Phi) is 4.78. The number of likely N-dealkylation sites (tertiary alicyclic amines) is 1. The molecule has 0 aromatic carbocycles. The van der Waals surface area contributed by atoms with Gasteiger partial charge in [0.15, 0.2) is 0 Å². The number of hydrogen-bond donors (Lipinski definition) is 2. The predicted molar refractivity (Wildman–Crippen MR) is 92.5 cm³/mol. The van der Waals surface area contributed by atoms with E-state index in [-0.39, 0.29) is 29.4 Å². The van der Waals surface area contributed by atoms with E-state index in [1.165, 1.54) is 6.42 Å². The minimum atomic E-state index is -0.369. The third-order valence-corrected chi connectivity index (χ3v) is 4.74. The number of pyridine rings is 1. The van der Waals surface area contributed by atoms with E-state index >= 15 is 0 Å². The third-order valence-electron chi connectivity index (χ3n) is 4.74. The first kappa shape index (κ1) is 16.8. The lowest BCUT2D eigenvalue weighted by molar-refractivity contribution is 0.0746. The van der Waals surface area contributed by atoms with Crippen molar-refractivity contribution in [3.8, 4) is 11.5 Å². The van der Waals surface area contributed by atoms with Crippen LogP contribution in [0.15, 0.2) is 39.7 Å². The van der Waals surface area contributed by atoms with Crippen molar-refractivity contribution in [2.24, 2.45) is 0 Å². The van der Waals surface area contributed by atoms with Crippen molar-refractivity contribution in [1.82, 2.24) is 15.2 Å². The van der Waals surface area contributed by atoms with E-state index in [4.69, 9.17) is 4.42 Å². The molecule has 0 spiro atoms. The fraction of sp³-hybridized carbons (Fsp3) is 0.412. The van der Waals surface area contributed by atoms with Gasteiger partial charge >= 0.3 is 0 Å². The van der Waals surface area contributed by atoms with E-state index in [0.29, 0.717) is 36.6 Å². The van der Waals surface area contributed by atoms with Crippen molar-refractivity contribution in [3.63, 3.8) is 0 Å². The molecule has 2 aliphatic heterocycles. The summed E-state index contributed by atoms with van der Waals surface area (Å²) in [5.74, 6) is 0.393. The number of furan rings is 1. The Hall–Kier alpha value is -2.05. The maximum Gasteiger partial charge on any atom is 0.261 e. The zero-order valence-corrected chi connectivity index (χ0v) is 14.0. The minimum absolute atomic E-state index is 0. The normalized spacial score (nSPS) is 22.8. The maximum absolute atomic E-state index is 12.7. The van der Waals surface area contributed by atoms with Gasteiger partial charge in [-0.15, -0.1) is 12.4 Å². The molecule has 1 amide bonds. The molecule has 0 radical (unpaired) electrons. The van der Waals surface area contributed by atoms with Crippen LogP contribution in [0, 0.1) is 0 Å². The molecular formula is C17H20ClN3O3. The third kappa shape index (κ3) is 3.12. The second-order valence-electron chi connectivity index (χ2n) is 6.27. The van der Waals surface area contributed by atoms with Crippen molar-refractivity contribution in [2.45, 2.75) is 31.3 Å². The van der Waals surface area contributed by atoms with Gasteiger partial charge in [0.25, 0.3) is 11.5 Å². The number of rotatable bonds is 2. The summed E-state index contributed by atoms with van der Waals surface area (Å²) in [6.07, 6.45) is 4.78. The lowest BCUT2D eigenvalue weighted by Gasteiger charge is -2.24. The average molecular weight is 350 g/mol. The van der Waals surface area contributed by atoms with Crippen LogP contribution in [0.3, 0.4) is 0 Å². The lowest BCUT2D eigenvalue weighted by atomic mass is 10.1.